The highest BCUT2D eigenvalue weighted by molar-refractivity contribution is 5.70. The summed E-state index contributed by atoms with van der Waals surface area (Å²) in [5.74, 6) is 0.662. The number of anilines is 2. The lowest BCUT2D eigenvalue weighted by molar-refractivity contribution is 0.403. The first kappa shape index (κ1) is 15.2. The van der Waals surface area contributed by atoms with Gasteiger partial charge in [-0.3, -0.25) is 0 Å². The number of nitrogens with zero attached hydrogens (tertiary/aromatic N) is 1. The van der Waals surface area contributed by atoms with E-state index in [0.29, 0.717) is 5.88 Å². The molecule has 3 N–H and O–H groups in total. The maximum Gasteiger partial charge on any atom is 0.232 e. The van der Waals surface area contributed by atoms with Gasteiger partial charge in [0.2, 0.25) is 5.88 Å². The molecule has 0 saturated carbocycles. The van der Waals surface area contributed by atoms with E-state index in [1.807, 2.05) is 19.1 Å². The van der Waals surface area contributed by atoms with Gasteiger partial charge in [0, 0.05) is 5.69 Å². The second-order valence-corrected chi connectivity index (χ2v) is 5.68. The molecule has 1 aromatic carbocycles. The summed E-state index contributed by atoms with van der Waals surface area (Å²) in [6.07, 6.45) is 3.71. The summed E-state index contributed by atoms with van der Waals surface area (Å²) in [5.41, 5.74) is 9.31. The molecule has 4 heteroatoms. The van der Waals surface area contributed by atoms with Gasteiger partial charge in [0.15, 0.2) is 0 Å². The maximum absolute atomic E-state index is 5.78. The first-order valence-electron chi connectivity index (χ1n) is 7.21. The summed E-state index contributed by atoms with van der Waals surface area (Å²) in [5, 5.41) is 7.37. The van der Waals surface area contributed by atoms with E-state index < -0.39 is 0 Å². The fourth-order valence-electron chi connectivity index (χ4n) is 2.51. The van der Waals surface area contributed by atoms with Crippen LogP contribution in [0, 0.1) is 0 Å². The summed E-state index contributed by atoms with van der Waals surface area (Å²) >= 11 is 0. The maximum atomic E-state index is 5.78. The van der Waals surface area contributed by atoms with E-state index in [1.54, 1.807) is 6.20 Å². The van der Waals surface area contributed by atoms with Gasteiger partial charge in [-0.05, 0) is 43.5 Å². The van der Waals surface area contributed by atoms with E-state index in [0.717, 1.165) is 29.7 Å². The Balaban J connectivity index is 2.35. The Morgan fingerprint density at radius 3 is 2.62 bits per heavy atom. The predicted molar refractivity (Wildman–Crippen MR) is 87.9 cm³/mol. The molecule has 0 bridgehead atoms. The third-order valence-electron chi connectivity index (χ3n) is 3.72. The lowest BCUT2D eigenvalue weighted by Crippen LogP contribution is -2.32. The zero-order valence-electron chi connectivity index (χ0n) is 12.9. The largest absolute Gasteiger partial charge is 0.399 e. The molecule has 1 unspecified atom stereocenters. The molecule has 1 aromatic heterocycles. The molecule has 0 saturated heterocycles. The van der Waals surface area contributed by atoms with E-state index in [9.17, 15) is 0 Å². The van der Waals surface area contributed by atoms with Crippen molar-refractivity contribution in [2.45, 2.75) is 39.2 Å². The van der Waals surface area contributed by atoms with Crippen molar-refractivity contribution in [1.82, 2.24) is 5.16 Å². The van der Waals surface area contributed by atoms with Gasteiger partial charge in [0.1, 0.15) is 0 Å². The van der Waals surface area contributed by atoms with E-state index in [2.05, 4.69) is 43.0 Å². The van der Waals surface area contributed by atoms with Gasteiger partial charge in [-0.25, -0.2) is 0 Å². The van der Waals surface area contributed by atoms with Crippen LogP contribution in [0.5, 0.6) is 0 Å². The molecule has 0 aliphatic heterocycles. The van der Waals surface area contributed by atoms with Crippen LogP contribution in [-0.4, -0.2) is 5.16 Å². The second-order valence-electron chi connectivity index (χ2n) is 5.68. The monoisotopic (exact) mass is 285 g/mol. The standard InChI is InChI=1S/C17H23N3O/c1-5-10-17(4,13-6-8-14(18)9-7-13)20-16-15(12(2)3)11-19-21-16/h6-9,11,20H,2,5,10,18H2,1,3-4H3. The number of nitrogens with one attached hydrogen (secondary N) is 1. The quantitative estimate of drug-likeness (QED) is 0.771. The number of nitrogens with two attached hydrogens (primary N) is 1. The Bertz CT molecular complexity index is 615. The van der Waals surface area contributed by atoms with Crippen LogP contribution in [0.15, 0.2) is 41.6 Å². The molecule has 21 heavy (non-hydrogen) atoms. The van der Waals surface area contributed by atoms with Gasteiger partial charge in [-0.2, -0.15) is 0 Å². The number of benzene rings is 1. The molecule has 0 aliphatic rings. The lowest BCUT2D eigenvalue weighted by Gasteiger charge is -2.31. The third-order valence-corrected chi connectivity index (χ3v) is 3.72. The molecule has 0 radical (unpaired) electrons. The van der Waals surface area contributed by atoms with Gasteiger partial charge in [-0.15, -0.1) is 0 Å². The minimum absolute atomic E-state index is 0.244. The molecule has 2 aromatic rings. The highest BCUT2D eigenvalue weighted by Crippen LogP contribution is 2.34. The van der Waals surface area contributed by atoms with Crippen molar-refractivity contribution in [2.75, 3.05) is 11.1 Å². The van der Waals surface area contributed by atoms with Crippen LogP contribution in [0.1, 0.15) is 44.7 Å². The average molecular weight is 285 g/mol. The van der Waals surface area contributed by atoms with Crippen molar-refractivity contribution in [2.24, 2.45) is 0 Å². The van der Waals surface area contributed by atoms with Gasteiger partial charge in [0.25, 0.3) is 0 Å². The smallest absolute Gasteiger partial charge is 0.232 e. The SMILES string of the molecule is C=C(C)c1cnoc1NC(C)(CCC)c1ccc(N)cc1. The van der Waals surface area contributed by atoms with Crippen molar-refractivity contribution >= 4 is 17.1 Å². The molecule has 0 spiro atoms. The van der Waals surface area contributed by atoms with Crippen LogP contribution >= 0.6 is 0 Å². The van der Waals surface area contributed by atoms with Crippen LogP contribution in [0.25, 0.3) is 5.57 Å². The van der Waals surface area contributed by atoms with Crippen LogP contribution in [0.4, 0.5) is 11.6 Å². The Kier molecular flexibility index (Phi) is 4.36. The Labute approximate surface area is 126 Å². The lowest BCUT2D eigenvalue weighted by atomic mass is 9.87. The van der Waals surface area contributed by atoms with Crippen LogP contribution in [0.3, 0.4) is 0 Å². The molecular formula is C17H23N3O. The second kappa shape index (κ2) is 6.04. The zero-order valence-corrected chi connectivity index (χ0v) is 12.9. The van der Waals surface area contributed by atoms with E-state index in [-0.39, 0.29) is 5.54 Å². The topological polar surface area (TPSA) is 64.1 Å². The molecule has 0 aliphatic carbocycles. The number of hydrogen-bond donors (Lipinski definition) is 2. The van der Waals surface area contributed by atoms with Crippen molar-refractivity contribution in [3.05, 3.63) is 48.2 Å². The van der Waals surface area contributed by atoms with Crippen molar-refractivity contribution in [3.63, 3.8) is 0 Å². The Morgan fingerprint density at radius 2 is 2.05 bits per heavy atom. The third kappa shape index (κ3) is 3.27. The predicted octanol–water partition coefficient (Wildman–Crippen LogP) is 4.42. The average Bonchev–Trinajstić information content (AvgIpc) is 2.87. The molecule has 1 heterocycles. The van der Waals surface area contributed by atoms with Gasteiger partial charge >= 0.3 is 0 Å². The molecule has 112 valence electrons. The van der Waals surface area contributed by atoms with Crippen LogP contribution < -0.4 is 11.1 Å². The number of allylic oxidation sites excluding steroid dienone is 1. The fraction of sp³-hybridized carbons (Fsp3) is 0.353. The van der Waals surface area contributed by atoms with E-state index >= 15 is 0 Å². The van der Waals surface area contributed by atoms with E-state index in [4.69, 9.17) is 10.3 Å². The van der Waals surface area contributed by atoms with Crippen molar-refractivity contribution in [3.8, 4) is 0 Å². The molecule has 2 rings (SSSR count). The van der Waals surface area contributed by atoms with E-state index in [1.165, 1.54) is 5.56 Å². The Hall–Kier alpha value is -2.23. The molecular weight excluding hydrogens is 262 g/mol. The zero-order chi connectivity index (χ0) is 15.5. The van der Waals surface area contributed by atoms with Gasteiger partial charge in [-0.1, -0.05) is 37.2 Å². The Morgan fingerprint density at radius 1 is 1.38 bits per heavy atom. The first-order valence-corrected chi connectivity index (χ1v) is 7.21. The molecule has 0 fully saturated rings. The minimum atomic E-state index is -0.244. The van der Waals surface area contributed by atoms with Gasteiger partial charge < -0.3 is 15.6 Å². The van der Waals surface area contributed by atoms with Crippen LogP contribution in [0.2, 0.25) is 0 Å². The fourth-order valence-corrected chi connectivity index (χ4v) is 2.51. The highest BCUT2D eigenvalue weighted by Gasteiger charge is 2.28. The summed E-state index contributed by atoms with van der Waals surface area (Å²) in [6, 6.07) is 7.94. The van der Waals surface area contributed by atoms with Gasteiger partial charge in [0.05, 0.1) is 17.3 Å². The number of nitrogen functional groups attached to an aromatic ring is 1. The van der Waals surface area contributed by atoms with Crippen molar-refractivity contribution in [1.29, 1.82) is 0 Å². The summed E-state index contributed by atoms with van der Waals surface area (Å²) in [6.45, 7) is 10.2. The molecule has 1 atom stereocenters. The summed E-state index contributed by atoms with van der Waals surface area (Å²) in [4.78, 5) is 0. The molecule has 4 nitrogen and oxygen atoms in total. The summed E-state index contributed by atoms with van der Waals surface area (Å²) < 4.78 is 5.37. The number of hydrogen-bond acceptors (Lipinski definition) is 4. The highest BCUT2D eigenvalue weighted by atomic mass is 16.5. The number of aromatic nitrogens is 1. The number of rotatable bonds is 6. The minimum Gasteiger partial charge on any atom is -0.399 e. The first-order chi connectivity index (χ1) is 9.96. The molecule has 0 amide bonds. The van der Waals surface area contributed by atoms with Crippen LogP contribution in [-0.2, 0) is 5.54 Å². The summed E-state index contributed by atoms with van der Waals surface area (Å²) in [7, 11) is 0. The normalized spacial score (nSPS) is 13.7. The van der Waals surface area contributed by atoms with Crippen molar-refractivity contribution < 1.29 is 4.52 Å².